The number of benzene rings is 1. The van der Waals surface area contributed by atoms with Crippen molar-refractivity contribution in [2.24, 2.45) is 0 Å². The number of nitrogens with one attached hydrogen (secondary N) is 2. The van der Waals surface area contributed by atoms with Gasteiger partial charge >= 0.3 is 5.17 Å². The molecule has 118 valence electrons. The molecule has 1 fully saturated rings. The Balaban J connectivity index is 2.16. The summed E-state index contributed by atoms with van der Waals surface area (Å²) in [7, 11) is 0. The number of hydrogen-bond donors (Lipinski definition) is 2. The standard InChI is InChI=1S/C15H18ClN3O2S/c1-3-17-15(18-4-2)22-12-9-13(20)19(14(12)21)11-7-5-6-10(16)8-11/h5-8,12H,3-4,9H2,1-2H3,(H,17,18)/p+1/t12-/m0/s1. The average Bonchev–Trinajstić information content (AvgIpc) is 2.74. The average molecular weight is 341 g/mol. The molecule has 1 aliphatic heterocycles. The molecule has 0 unspecified atom stereocenters. The van der Waals surface area contributed by atoms with Crippen molar-refractivity contribution in [2.75, 3.05) is 18.0 Å². The number of imide groups is 1. The van der Waals surface area contributed by atoms with Gasteiger partial charge in [-0.3, -0.25) is 19.9 Å². The quantitative estimate of drug-likeness (QED) is 0.483. The Morgan fingerprint density at radius 1 is 1.45 bits per heavy atom. The van der Waals surface area contributed by atoms with Crippen LogP contribution in [0.2, 0.25) is 5.02 Å². The Morgan fingerprint density at radius 2 is 2.23 bits per heavy atom. The van der Waals surface area contributed by atoms with Crippen LogP contribution in [-0.2, 0) is 9.59 Å². The van der Waals surface area contributed by atoms with Crippen molar-refractivity contribution in [3.05, 3.63) is 29.3 Å². The molecule has 1 aromatic carbocycles. The molecule has 0 aliphatic carbocycles. The van der Waals surface area contributed by atoms with E-state index in [0.717, 1.165) is 18.3 Å². The maximum absolute atomic E-state index is 12.5. The maximum Gasteiger partial charge on any atom is 0.304 e. The minimum absolute atomic E-state index is 0.191. The van der Waals surface area contributed by atoms with Crippen LogP contribution in [0.5, 0.6) is 0 Å². The molecule has 2 N–H and O–H groups in total. The van der Waals surface area contributed by atoms with Gasteiger partial charge in [-0.25, -0.2) is 4.90 Å². The highest BCUT2D eigenvalue weighted by Crippen LogP contribution is 2.30. The number of carbonyl (C=O) groups excluding carboxylic acids is 2. The van der Waals surface area contributed by atoms with Gasteiger partial charge < -0.3 is 0 Å². The van der Waals surface area contributed by atoms with Gasteiger partial charge in [-0.1, -0.05) is 17.7 Å². The Morgan fingerprint density at radius 3 is 2.86 bits per heavy atom. The highest BCUT2D eigenvalue weighted by Gasteiger charge is 2.41. The first-order valence-corrected chi connectivity index (χ1v) is 8.46. The molecule has 5 nitrogen and oxygen atoms in total. The first-order chi connectivity index (χ1) is 10.6. The molecule has 0 spiro atoms. The molecular weight excluding hydrogens is 322 g/mol. The third kappa shape index (κ3) is 3.81. The molecule has 0 radical (unpaired) electrons. The zero-order valence-electron chi connectivity index (χ0n) is 12.6. The molecule has 7 heteroatoms. The maximum atomic E-state index is 12.5. The second kappa shape index (κ2) is 7.65. The largest absolute Gasteiger partial charge is 0.304 e. The predicted octanol–water partition coefficient (Wildman–Crippen LogP) is 0.771. The Labute approximate surface area is 139 Å². The van der Waals surface area contributed by atoms with Gasteiger partial charge in [0.2, 0.25) is 11.8 Å². The highest BCUT2D eigenvalue weighted by atomic mass is 35.5. The van der Waals surface area contributed by atoms with Gasteiger partial charge in [0, 0.05) is 11.4 Å². The summed E-state index contributed by atoms with van der Waals surface area (Å²) in [5.41, 5.74) is 0.527. The van der Waals surface area contributed by atoms with E-state index in [1.165, 1.54) is 16.7 Å². The normalized spacial score (nSPS) is 19.0. The molecule has 1 aliphatic rings. The highest BCUT2D eigenvalue weighted by molar-refractivity contribution is 8.14. The lowest BCUT2D eigenvalue weighted by atomic mass is 10.3. The Hall–Kier alpha value is -1.53. The molecule has 2 rings (SSSR count). The number of amidine groups is 1. The van der Waals surface area contributed by atoms with E-state index in [0.29, 0.717) is 10.7 Å². The first-order valence-electron chi connectivity index (χ1n) is 7.20. The summed E-state index contributed by atoms with van der Waals surface area (Å²) in [5, 5.41) is 4.08. The molecule has 1 heterocycles. The van der Waals surface area contributed by atoms with Crippen LogP contribution in [0.25, 0.3) is 0 Å². The summed E-state index contributed by atoms with van der Waals surface area (Å²) < 4.78 is 0. The lowest BCUT2D eigenvalue weighted by molar-refractivity contribution is -0.451. The molecule has 22 heavy (non-hydrogen) atoms. The molecular formula is C15H19ClN3O2S+. The van der Waals surface area contributed by atoms with Crippen molar-refractivity contribution < 1.29 is 14.6 Å². The third-order valence-corrected chi connectivity index (χ3v) is 4.52. The van der Waals surface area contributed by atoms with Crippen molar-refractivity contribution >= 4 is 46.0 Å². The van der Waals surface area contributed by atoms with Gasteiger partial charge in [-0.05, 0) is 43.8 Å². The third-order valence-electron chi connectivity index (χ3n) is 3.11. The number of rotatable bonds is 4. The fourth-order valence-electron chi connectivity index (χ4n) is 2.19. The van der Waals surface area contributed by atoms with E-state index < -0.39 is 5.25 Å². The molecule has 1 aromatic rings. The van der Waals surface area contributed by atoms with Crippen molar-refractivity contribution in [1.29, 1.82) is 0 Å². The minimum atomic E-state index is -0.417. The van der Waals surface area contributed by atoms with Crippen molar-refractivity contribution in [1.82, 2.24) is 5.32 Å². The number of halogens is 1. The number of anilines is 1. The minimum Gasteiger partial charge on any atom is -0.274 e. The fraction of sp³-hybridized carbons (Fsp3) is 0.400. The van der Waals surface area contributed by atoms with Crippen LogP contribution in [0.4, 0.5) is 5.69 Å². The lowest BCUT2D eigenvalue weighted by Crippen LogP contribution is -2.74. The van der Waals surface area contributed by atoms with Crippen LogP contribution in [0, 0.1) is 0 Å². The van der Waals surface area contributed by atoms with Gasteiger partial charge in [0.05, 0.1) is 18.8 Å². The molecule has 0 bridgehead atoms. The molecule has 2 amide bonds. The van der Waals surface area contributed by atoms with Crippen LogP contribution in [0.1, 0.15) is 20.3 Å². The van der Waals surface area contributed by atoms with E-state index in [2.05, 4.69) is 10.3 Å². The Bertz CT molecular complexity index is 606. The monoisotopic (exact) mass is 340 g/mol. The second-order valence-corrected chi connectivity index (χ2v) is 6.40. The van der Waals surface area contributed by atoms with Crippen LogP contribution in [0.3, 0.4) is 0 Å². The molecule has 0 aromatic heterocycles. The van der Waals surface area contributed by atoms with Gasteiger partial charge in [-0.2, -0.15) is 0 Å². The topological polar surface area (TPSA) is 63.4 Å². The number of nitrogens with zero attached hydrogens (tertiary/aromatic N) is 1. The van der Waals surface area contributed by atoms with E-state index >= 15 is 0 Å². The second-order valence-electron chi connectivity index (χ2n) is 4.75. The van der Waals surface area contributed by atoms with Gasteiger partial charge in [-0.15, -0.1) is 0 Å². The number of carbonyl (C=O) groups is 2. The van der Waals surface area contributed by atoms with E-state index in [9.17, 15) is 9.59 Å². The smallest absolute Gasteiger partial charge is 0.274 e. The van der Waals surface area contributed by atoms with E-state index in [1.54, 1.807) is 24.3 Å². The Kier molecular flexibility index (Phi) is 5.85. The summed E-state index contributed by atoms with van der Waals surface area (Å²) in [5.74, 6) is -0.400. The summed E-state index contributed by atoms with van der Waals surface area (Å²) in [6.45, 7) is 5.47. The van der Waals surface area contributed by atoms with Crippen LogP contribution >= 0.6 is 23.4 Å². The van der Waals surface area contributed by atoms with Gasteiger partial charge in [0.15, 0.2) is 0 Å². The zero-order valence-corrected chi connectivity index (χ0v) is 14.1. The summed E-state index contributed by atoms with van der Waals surface area (Å²) in [6.07, 6.45) is 0.191. The summed E-state index contributed by atoms with van der Waals surface area (Å²) in [6, 6.07) is 6.79. The SMILES string of the molecule is CCNC(=[NH+]CC)S[C@H]1CC(=O)N(c2cccc(Cl)c2)C1=O. The number of amides is 2. The van der Waals surface area contributed by atoms with Crippen molar-refractivity contribution in [2.45, 2.75) is 25.5 Å². The van der Waals surface area contributed by atoms with E-state index in [-0.39, 0.29) is 18.2 Å². The summed E-state index contributed by atoms with van der Waals surface area (Å²) in [4.78, 5) is 29.1. The number of thioether (sulfide) groups is 1. The zero-order chi connectivity index (χ0) is 16.1. The molecule has 1 saturated heterocycles. The lowest BCUT2D eigenvalue weighted by Gasteiger charge is -2.14. The van der Waals surface area contributed by atoms with Gasteiger partial charge in [0.1, 0.15) is 5.25 Å². The van der Waals surface area contributed by atoms with E-state index in [4.69, 9.17) is 11.6 Å². The van der Waals surface area contributed by atoms with E-state index in [1.807, 2.05) is 13.8 Å². The number of hydrogen-bond acceptors (Lipinski definition) is 3. The first kappa shape index (κ1) is 16.8. The van der Waals surface area contributed by atoms with Gasteiger partial charge in [0.25, 0.3) is 0 Å². The van der Waals surface area contributed by atoms with Crippen LogP contribution in [0.15, 0.2) is 24.3 Å². The molecule has 0 saturated carbocycles. The fourth-order valence-corrected chi connectivity index (χ4v) is 3.55. The van der Waals surface area contributed by atoms with Crippen molar-refractivity contribution in [3.63, 3.8) is 0 Å². The van der Waals surface area contributed by atoms with Crippen molar-refractivity contribution in [3.8, 4) is 0 Å². The van der Waals surface area contributed by atoms with Crippen LogP contribution in [-0.4, -0.2) is 35.3 Å². The predicted molar refractivity (Wildman–Crippen MR) is 90.1 cm³/mol. The summed E-state index contributed by atoms with van der Waals surface area (Å²) >= 11 is 7.31. The molecule has 1 atom stereocenters. The van der Waals surface area contributed by atoms with Crippen LogP contribution < -0.4 is 15.2 Å².